The summed E-state index contributed by atoms with van der Waals surface area (Å²) in [4.78, 5) is 0. The van der Waals surface area contributed by atoms with Crippen LogP contribution in [0.4, 0.5) is 0 Å². The average molecular weight is 267 g/mol. The molecule has 2 aromatic rings. The maximum atomic E-state index is 3.65. The second-order valence-corrected chi connectivity index (χ2v) is 5.39. The van der Waals surface area contributed by atoms with Crippen LogP contribution in [0, 0.1) is 13.8 Å². The smallest absolute Gasteiger partial charge is 0.0581 e. The average Bonchev–Trinajstić information content (AvgIpc) is 2.46. The molecule has 0 saturated heterocycles. The van der Waals surface area contributed by atoms with Gasteiger partial charge in [-0.05, 0) is 54.6 Å². The highest BCUT2D eigenvalue weighted by Gasteiger charge is 2.17. The first-order valence-corrected chi connectivity index (χ1v) is 7.55. The van der Waals surface area contributed by atoms with Crippen LogP contribution in [0.3, 0.4) is 0 Å². The molecule has 0 spiro atoms. The van der Waals surface area contributed by atoms with Crippen LogP contribution >= 0.6 is 0 Å². The molecule has 0 heterocycles. The third kappa shape index (κ3) is 3.10. The Hall–Kier alpha value is -1.60. The summed E-state index contributed by atoms with van der Waals surface area (Å²) in [5, 5.41) is 3.65. The van der Waals surface area contributed by atoms with E-state index in [-0.39, 0.29) is 6.04 Å². The molecule has 2 rings (SSSR count). The van der Waals surface area contributed by atoms with E-state index < -0.39 is 0 Å². The van der Waals surface area contributed by atoms with E-state index in [0.29, 0.717) is 0 Å². The van der Waals surface area contributed by atoms with Crippen LogP contribution < -0.4 is 5.32 Å². The summed E-state index contributed by atoms with van der Waals surface area (Å²) in [6.07, 6.45) is 1.08. The van der Waals surface area contributed by atoms with E-state index in [4.69, 9.17) is 0 Å². The van der Waals surface area contributed by atoms with Gasteiger partial charge in [-0.1, -0.05) is 56.3 Å². The lowest BCUT2D eigenvalue weighted by Crippen LogP contribution is -2.23. The van der Waals surface area contributed by atoms with Gasteiger partial charge in [0, 0.05) is 0 Å². The summed E-state index contributed by atoms with van der Waals surface area (Å²) in [5.74, 6) is 0. The zero-order valence-electron chi connectivity index (χ0n) is 13.0. The standard InChI is InChI=1S/C19H25N/c1-5-16-11-8-12-17(13-16)19(20-6-2)18-14(3)9-7-10-15(18)4/h7-13,19-20H,5-6H2,1-4H3. The van der Waals surface area contributed by atoms with Crippen molar-refractivity contribution < 1.29 is 0 Å². The molecule has 1 nitrogen and oxygen atoms in total. The van der Waals surface area contributed by atoms with Gasteiger partial charge in [0.05, 0.1) is 6.04 Å². The van der Waals surface area contributed by atoms with Crippen LogP contribution in [-0.4, -0.2) is 6.54 Å². The highest BCUT2D eigenvalue weighted by molar-refractivity contribution is 5.42. The van der Waals surface area contributed by atoms with Crippen molar-refractivity contribution in [2.75, 3.05) is 6.54 Å². The van der Waals surface area contributed by atoms with Crippen LogP contribution in [0.2, 0.25) is 0 Å². The number of hydrogen-bond acceptors (Lipinski definition) is 1. The molecule has 1 atom stereocenters. The van der Waals surface area contributed by atoms with Crippen molar-refractivity contribution in [3.8, 4) is 0 Å². The van der Waals surface area contributed by atoms with Gasteiger partial charge in [0.2, 0.25) is 0 Å². The van der Waals surface area contributed by atoms with Gasteiger partial charge in [-0.3, -0.25) is 0 Å². The molecule has 0 aliphatic carbocycles. The first kappa shape index (κ1) is 14.8. The van der Waals surface area contributed by atoms with E-state index in [1.165, 1.54) is 27.8 Å². The van der Waals surface area contributed by atoms with E-state index in [0.717, 1.165) is 13.0 Å². The molecular weight excluding hydrogens is 242 g/mol. The molecule has 20 heavy (non-hydrogen) atoms. The molecule has 0 amide bonds. The zero-order valence-corrected chi connectivity index (χ0v) is 13.0. The Morgan fingerprint density at radius 1 is 0.950 bits per heavy atom. The lowest BCUT2D eigenvalue weighted by atomic mass is 9.90. The molecular formula is C19H25N. The van der Waals surface area contributed by atoms with Gasteiger partial charge in [0.1, 0.15) is 0 Å². The Bertz CT molecular complexity index is 551. The maximum Gasteiger partial charge on any atom is 0.0581 e. The van der Waals surface area contributed by atoms with Crippen molar-refractivity contribution in [3.05, 3.63) is 70.3 Å². The minimum atomic E-state index is 0.285. The largest absolute Gasteiger partial charge is 0.307 e. The highest BCUT2D eigenvalue weighted by Crippen LogP contribution is 2.28. The first-order chi connectivity index (χ1) is 9.67. The molecule has 0 saturated carbocycles. The van der Waals surface area contributed by atoms with Gasteiger partial charge in [0.25, 0.3) is 0 Å². The number of aryl methyl sites for hydroxylation is 3. The van der Waals surface area contributed by atoms with Gasteiger partial charge in [-0.2, -0.15) is 0 Å². The van der Waals surface area contributed by atoms with Gasteiger partial charge in [0.15, 0.2) is 0 Å². The Balaban J connectivity index is 2.50. The molecule has 0 aliphatic heterocycles. The molecule has 1 N–H and O–H groups in total. The van der Waals surface area contributed by atoms with Crippen molar-refractivity contribution >= 4 is 0 Å². The molecule has 0 radical (unpaired) electrons. The summed E-state index contributed by atoms with van der Waals surface area (Å²) in [6, 6.07) is 15.8. The SMILES string of the molecule is CCNC(c1cccc(CC)c1)c1c(C)cccc1C. The minimum absolute atomic E-state index is 0.285. The monoisotopic (exact) mass is 267 g/mol. The van der Waals surface area contributed by atoms with E-state index in [2.05, 4.69) is 75.5 Å². The fraction of sp³-hybridized carbons (Fsp3) is 0.368. The zero-order chi connectivity index (χ0) is 14.5. The predicted molar refractivity (Wildman–Crippen MR) is 87.3 cm³/mol. The Kier molecular flexibility index (Phi) is 4.97. The molecule has 106 valence electrons. The van der Waals surface area contributed by atoms with Gasteiger partial charge < -0.3 is 5.32 Å². The predicted octanol–water partition coefficient (Wildman–Crippen LogP) is 4.56. The Morgan fingerprint density at radius 3 is 2.20 bits per heavy atom. The molecule has 0 aromatic heterocycles. The lowest BCUT2D eigenvalue weighted by Gasteiger charge is -2.23. The van der Waals surface area contributed by atoms with Gasteiger partial charge >= 0.3 is 0 Å². The maximum absolute atomic E-state index is 3.65. The van der Waals surface area contributed by atoms with Crippen molar-refractivity contribution in [3.63, 3.8) is 0 Å². The van der Waals surface area contributed by atoms with Crippen molar-refractivity contribution in [2.45, 2.75) is 40.2 Å². The summed E-state index contributed by atoms with van der Waals surface area (Å²) < 4.78 is 0. The van der Waals surface area contributed by atoms with E-state index in [9.17, 15) is 0 Å². The second kappa shape index (κ2) is 6.71. The number of hydrogen-bond donors (Lipinski definition) is 1. The van der Waals surface area contributed by atoms with Crippen LogP contribution in [0.15, 0.2) is 42.5 Å². The van der Waals surface area contributed by atoms with Gasteiger partial charge in [-0.25, -0.2) is 0 Å². The number of rotatable bonds is 5. The number of benzene rings is 2. The van der Waals surface area contributed by atoms with Crippen LogP contribution in [0.1, 0.15) is 47.7 Å². The van der Waals surface area contributed by atoms with Crippen LogP contribution in [-0.2, 0) is 6.42 Å². The molecule has 2 aromatic carbocycles. The fourth-order valence-electron chi connectivity index (χ4n) is 2.87. The van der Waals surface area contributed by atoms with Gasteiger partial charge in [-0.15, -0.1) is 0 Å². The number of nitrogens with one attached hydrogen (secondary N) is 1. The summed E-state index contributed by atoms with van der Waals surface area (Å²) in [6.45, 7) is 9.76. The summed E-state index contributed by atoms with van der Waals surface area (Å²) in [7, 11) is 0. The van der Waals surface area contributed by atoms with E-state index in [1.54, 1.807) is 0 Å². The third-order valence-electron chi connectivity index (χ3n) is 3.93. The highest BCUT2D eigenvalue weighted by atomic mass is 14.9. The van der Waals surface area contributed by atoms with Crippen LogP contribution in [0.25, 0.3) is 0 Å². The van der Waals surface area contributed by atoms with E-state index >= 15 is 0 Å². The minimum Gasteiger partial charge on any atom is -0.307 e. The molecule has 1 heteroatoms. The molecule has 0 fully saturated rings. The Labute approximate surface area is 123 Å². The third-order valence-corrected chi connectivity index (χ3v) is 3.93. The Morgan fingerprint density at radius 2 is 1.60 bits per heavy atom. The first-order valence-electron chi connectivity index (χ1n) is 7.55. The van der Waals surface area contributed by atoms with E-state index in [1.807, 2.05) is 0 Å². The second-order valence-electron chi connectivity index (χ2n) is 5.39. The fourth-order valence-corrected chi connectivity index (χ4v) is 2.87. The summed E-state index contributed by atoms with van der Waals surface area (Å²) >= 11 is 0. The molecule has 0 bridgehead atoms. The quantitative estimate of drug-likeness (QED) is 0.837. The van der Waals surface area contributed by atoms with Crippen molar-refractivity contribution in [1.29, 1.82) is 0 Å². The lowest BCUT2D eigenvalue weighted by molar-refractivity contribution is 0.624. The topological polar surface area (TPSA) is 12.0 Å². The molecule has 0 aliphatic rings. The molecule has 1 unspecified atom stereocenters. The summed E-state index contributed by atoms with van der Waals surface area (Å²) in [5.41, 5.74) is 6.90. The van der Waals surface area contributed by atoms with Crippen molar-refractivity contribution in [2.24, 2.45) is 0 Å². The van der Waals surface area contributed by atoms with Crippen molar-refractivity contribution in [1.82, 2.24) is 5.32 Å². The normalized spacial score (nSPS) is 12.4. The van der Waals surface area contributed by atoms with Crippen LogP contribution in [0.5, 0.6) is 0 Å².